The highest BCUT2D eigenvalue weighted by atomic mass is 32.1. The summed E-state index contributed by atoms with van der Waals surface area (Å²) in [6, 6.07) is 21.9. The molecule has 9 heteroatoms. The van der Waals surface area contributed by atoms with E-state index in [1.54, 1.807) is 23.5 Å². The number of hydrogen-bond donors (Lipinski definition) is 1. The summed E-state index contributed by atoms with van der Waals surface area (Å²) in [5.74, 6) is 1.10. The second-order valence-corrected chi connectivity index (χ2v) is 12.1. The molecule has 2 aliphatic rings. The van der Waals surface area contributed by atoms with Crippen LogP contribution in [0.3, 0.4) is 0 Å². The van der Waals surface area contributed by atoms with E-state index in [9.17, 15) is 9.90 Å². The van der Waals surface area contributed by atoms with Gasteiger partial charge in [-0.1, -0.05) is 24.3 Å². The average Bonchev–Trinajstić information content (AvgIpc) is 3.54. The zero-order valence-corrected chi connectivity index (χ0v) is 23.6. The van der Waals surface area contributed by atoms with Crippen LogP contribution in [0.4, 0.5) is 0 Å². The Morgan fingerprint density at radius 3 is 2.66 bits per heavy atom. The molecular weight excluding hydrogens is 536 g/mol. The number of ether oxygens (including phenoxy) is 2. The van der Waals surface area contributed by atoms with E-state index in [2.05, 4.69) is 45.9 Å². The molecular formula is C32H32N4O4S. The maximum Gasteiger partial charge on any atom is 0.335 e. The third-order valence-corrected chi connectivity index (χ3v) is 9.30. The quantitative estimate of drug-likeness (QED) is 0.230. The van der Waals surface area contributed by atoms with Gasteiger partial charge in [0.05, 0.1) is 35.8 Å². The number of thiophene rings is 1. The van der Waals surface area contributed by atoms with Gasteiger partial charge < -0.3 is 19.1 Å². The second-order valence-electron chi connectivity index (χ2n) is 10.9. The fraction of sp³-hybridized carbons (Fsp3) is 0.344. The zero-order valence-electron chi connectivity index (χ0n) is 22.7. The van der Waals surface area contributed by atoms with Crippen LogP contribution in [0.1, 0.15) is 51.9 Å². The van der Waals surface area contributed by atoms with E-state index in [0.29, 0.717) is 24.9 Å². The molecule has 3 aromatic heterocycles. The van der Waals surface area contributed by atoms with Gasteiger partial charge in [0.25, 0.3) is 0 Å². The van der Waals surface area contributed by atoms with Crippen molar-refractivity contribution in [1.82, 2.24) is 19.4 Å². The monoisotopic (exact) mass is 568 g/mol. The molecule has 2 aliphatic heterocycles. The van der Waals surface area contributed by atoms with Gasteiger partial charge in [-0.2, -0.15) is 0 Å². The Morgan fingerprint density at radius 1 is 1.02 bits per heavy atom. The molecule has 0 spiro atoms. The molecule has 2 saturated heterocycles. The molecule has 41 heavy (non-hydrogen) atoms. The summed E-state index contributed by atoms with van der Waals surface area (Å²) in [6.45, 7) is 4.62. The van der Waals surface area contributed by atoms with Crippen LogP contribution < -0.4 is 4.74 Å². The van der Waals surface area contributed by atoms with Crippen LogP contribution in [0.2, 0.25) is 0 Å². The highest BCUT2D eigenvalue weighted by Crippen LogP contribution is 2.31. The molecule has 1 N–H and O–H groups in total. The number of piperidine rings is 1. The predicted molar refractivity (Wildman–Crippen MR) is 159 cm³/mol. The summed E-state index contributed by atoms with van der Waals surface area (Å²) in [4.78, 5) is 25.0. The molecule has 5 aromatic rings. The normalized spacial score (nSPS) is 18.1. The summed E-state index contributed by atoms with van der Waals surface area (Å²) in [7, 11) is 0. The lowest BCUT2D eigenvalue weighted by atomic mass is 9.93. The molecule has 2 fully saturated rings. The van der Waals surface area contributed by atoms with E-state index in [-0.39, 0.29) is 11.7 Å². The number of benzene rings is 2. The van der Waals surface area contributed by atoms with Crippen molar-refractivity contribution in [1.29, 1.82) is 0 Å². The van der Waals surface area contributed by atoms with Crippen LogP contribution >= 0.6 is 11.3 Å². The van der Waals surface area contributed by atoms with E-state index < -0.39 is 5.97 Å². The zero-order chi connectivity index (χ0) is 27.8. The number of nitrogens with zero attached hydrogens (tertiary/aromatic N) is 4. The molecule has 0 unspecified atom stereocenters. The van der Waals surface area contributed by atoms with Gasteiger partial charge in [0.2, 0.25) is 5.88 Å². The first-order chi connectivity index (χ1) is 20.1. The van der Waals surface area contributed by atoms with Crippen LogP contribution in [0.5, 0.6) is 5.88 Å². The van der Waals surface area contributed by atoms with E-state index in [0.717, 1.165) is 68.1 Å². The number of pyridine rings is 1. The van der Waals surface area contributed by atoms with E-state index in [1.165, 1.54) is 15.0 Å². The number of carboxylic acid groups (broad SMARTS) is 1. The number of aromatic carboxylic acids is 1. The minimum absolute atomic E-state index is 0.157. The Morgan fingerprint density at radius 2 is 1.88 bits per heavy atom. The number of carboxylic acids is 1. The lowest BCUT2D eigenvalue weighted by molar-refractivity contribution is -0.0592. The van der Waals surface area contributed by atoms with E-state index in [1.807, 2.05) is 18.2 Å². The first-order valence-corrected chi connectivity index (χ1v) is 15.0. The summed E-state index contributed by atoms with van der Waals surface area (Å²) in [6.07, 6.45) is 3.21. The second kappa shape index (κ2) is 11.2. The van der Waals surface area contributed by atoms with E-state index >= 15 is 0 Å². The summed E-state index contributed by atoms with van der Waals surface area (Å²) in [5.41, 5.74) is 3.06. The number of aromatic nitrogens is 3. The van der Waals surface area contributed by atoms with Crippen LogP contribution in [-0.2, 0) is 24.4 Å². The Balaban J connectivity index is 1.00. The smallest absolute Gasteiger partial charge is 0.335 e. The maximum atomic E-state index is 11.6. The van der Waals surface area contributed by atoms with Crippen LogP contribution in [0.15, 0.2) is 66.7 Å². The largest absolute Gasteiger partial charge is 0.478 e. The van der Waals surface area contributed by atoms with Crippen LogP contribution in [0.25, 0.3) is 21.1 Å². The lowest BCUT2D eigenvalue weighted by Gasteiger charge is -2.32. The number of likely N-dealkylation sites (tertiary alicyclic amines) is 1. The fourth-order valence-corrected chi connectivity index (χ4v) is 6.82. The fourth-order valence-electron chi connectivity index (χ4n) is 5.84. The molecule has 0 amide bonds. The van der Waals surface area contributed by atoms with Crippen molar-refractivity contribution in [2.75, 3.05) is 19.7 Å². The third kappa shape index (κ3) is 5.57. The molecule has 0 bridgehead atoms. The number of carbonyl (C=O) groups is 1. The number of hydrogen-bond acceptors (Lipinski definition) is 7. The first kappa shape index (κ1) is 26.1. The molecule has 7 rings (SSSR count). The molecule has 0 saturated carbocycles. The van der Waals surface area contributed by atoms with Gasteiger partial charge in [-0.15, -0.1) is 11.3 Å². The standard InChI is InChI=1S/C32H32N4O4S/c37-32(38)23-8-9-27-28(17-23)36(18-24-12-15-39-24)30(33-27)19-35-13-10-21(11-14-35)26-5-3-7-31(34-26)40-20-25-16-22-4-1-2-6-29(22)41-25/h1-9,16-17,21,24H,10-15,18-20H2,(H,37,38)/t24-/m0/s1. The molecule has 5 heterocycles. The van der Waals surface area contributed by atoms with Gasteiger partial charge in [-0.25, -0.2) is 14.8 Å². The van der Waals surface area contributed by atoms with Crippen molar-refractivity contribution in [3.8, 4) is 5.88 Å². The van der Waals surface area contributed by atoms with Crippen molar-refractivity contribution >= 4 is 38.4 Å². The Labute approximate surface area is 242 Å². The van der Waals surface area contributed by atoms with Crippen molar-refractivity contribution in [2.45, 2.75) is 51.0 Å². The number of rotatable bonds is 9. The maximum absolute atomic E-state index is 11.6. The van der Waals surface area contributed by atoms with Gasteiger partial charge in [0.1, 0.15) is 12.4 Å². The molecule has 0 radical (unpaired) electrons. The topological polar surface area (TPSA) is 89.7 Å². The molecule has 8 nitrogen and oxygen atoms in total. The first-order valence-electron chi connectivity index (χ1n) is 14.2. The summed E-state index contributed by atoms with van der Waals surface area (Å²) >= 11 is 1.76. The van der Waals surface area contributed by atoms with Gasteiger partial charge in [-0.05, 0) is 74.1 Å². The summed E-state index contributed by atoms with van der Waals surface area (Å²) in [5, 5.41) is 10.8. The molecule has 210 valence electrons. The van der Waals surface area contributed by atoms with Gasteiger partial charge in [0.15, 0.2) is 0 Å². The van der Waals surface area contributed by atoms with Crippen molar-refractivity contribution < 1.29 is 19.4 Å². The van der Waals surface area contributed by atoms with E-state index in [4.69, 9.17) is 19.4 Å². The van der Waals surface area contributed by atoms with Crippen molar-refractivity contribution in [2.24, 2.45) is 0 Å². The predicted octanol–water partition coefficient (Wildman–Crippen LogP) is 6.09. The number of imidazole rings is 1. The Bertz CT molecular complexity index is 1670. The number of fused-ring (bicyclic) bond motifs is 2. The molecule has 2 aromatic carbocycles. The highest BCUT2D eigenvalue weighted by Gasteiger charge is 2.26. The van der Waals surface area contributed by atoms with Gasteiger partial charge in [0, 0.05) is 33.9 Å². The van der Waals surface area contributed by atoms with Gasteiger partial charge >= 0.3 is 5.97 Å². The third-order valence-electron chi connectivity index (χ3n) is 8.21. The SMILES string of the molecule is O=C(O)c1ccc2nc(CN3CCC(c4cccc(OCc5cc6ccccc6s5)n4)CC3)n(C[C@@H]3CCO3)c2c1. The Kier molecular flexibility index (Phi) is 7.16. The minimum Gasteiger partial charge on any atom is -0.478 e. The molecule has 0 aliphatic carbocycles. The van der Waals surface area contributed by atoms with Crippen molar-refractivity contribution in [3.05, 3.63) is 88.7 Å². The lowest BCUT2D eigenvalue weighted by Crippen LogP contribution is -2.35. The van der Waals surface area contributed by atoms with Crippen molar-refractivity contribution in [3.63, 3.8) is 0 Å². The average molecular weight is 569 g/mol. The minimum atomic E-state index is -0.925. The van der Waals surface area contributed by atoms with Crippen LogP contribution in [-0.4, -0.2) is 56.3 Å². The Hall–Kier alpha value is -3.79. The highest BCUT2D eigenvalue weighted by molar-refractivity contribution is 7.19. The molecule has 1 atom stereocenters. The van der Waals surface area contributed by atoms with Crippen LogP contribution in [0, 0.1) is 0 Å². The van der Waals surface area contributed by atoms with Gasteiger partial charge in [-0.3, -0.25) is 4.90 Å². The summed E-state index contributed by atoms with van der Waals surface area (Å²) < 4.78 is 15.2.